The number of aryl methyl sites for hydroxylation is 2. The predicted molar refractivity (Wildman–Crippen MR) is 114 cm³/mol. The Hall–Kier alpha value is -2.87. The van der Waals surface area contributed by atoms with Crippen molar-refractivity contribution in [3.05, 3.63) is 59.2 Å². The van der Waals surface area contributed by atoms with Crippen LogP contribution >= 0.6 is 0 Å². The molecular formula is C22H25NO6S. The zero-order valence-corrected chi connectivity index (χ0v) is 17.9. The van der Waals surface area contributed by atoms with E-state index in [-0.39, 0.29) is 18.8 Å². The van der Waals surface area contributed by atoms with Gasteiger partial charge in [0.2, 0.25) is 10.0 Å². The summed E-state index contributed by atoms with van der Waals surface area (Å²) in [7, 11) is -1.79. The van der Waals surface area contributed by atoms with Crippen LogP contribution in [0.15, 0.2) is 42.5 Å². The molecule has 0 aromatic heterocycles. The first-order valence-corrected chi connectivity index (χ1v) is 11.6. The highest BCUT2D eigenvalue weighted by Gasteiger charge is 2.24. The molecule has 1 aliphatic heterocycles. The molecule has 0 fully saturated rings. The molecule has 3 rings (SSSR count). The molecule has 0 atom stereocenters. The van der Waals surface area contributed by atoms with Crippen molar-refractivity contribution in [2.24, 2.45) is 0 Å². The molecule has 0 spiro atoms. The Labute approximate surface area is 176 Å². The number of carbonyl (C=O) groups is 2. The normalized spacial score (nSPS) is 13.5. The van der Waals surface area contributed by atoms with Crippen molar-refractivity contribution in [3.8, 4) is 5.75 Å². The van der Waals surface area contributed by atoms with Crippen LogP contribution in [0, 0.1) is 0 Å². The van der Waals surface area contributed by atoms with Gasteiger partial charge < -0.3 is 9.47 Å². The number of anilines is 1. The predicted octanol–water partition coefficient (Wildman–Crippen LogP) is 2.77. The van der Waals surface area contributed by atoms with Crippen LogP contribution in [0.4, 0.5) is 5.69 Å². The molecule has 1 aliphatic rings. The number of para-hydroxylation sites is 1. The lowest BCUT2D eigenvalue weighted by Gasteiger charge is -2.29. The topological polar surface area (TPSA) is 90.0 Å². The van der Waals surface area contributed by atoms with Gasteiger partial charge in [0.25, 0.3) is 0 Å². The summed E-state index contributed by atoms with van der Waals surface area (Å²) in [5.41, 5.74) is 2.71. The number of hydrogen-bond donors (Lipinski definition) is 0. The van der Waals surface area contributed by atoms with Crippen LogP contribution in [0.5, 0.6) is 5.75 Å². The van der Waals surface area contributed by atoms with Gasteiger partial charge in [-0.25, -0.2) is 8.42 Å². The number of hydrogen-bond acceptors (Lipinski definition) is 6. The molecule has 0 N–H and O–H groups in total. The highest BCUT2D eigenvalue weighted by molar-refractivity contribution is 7.92. The number of rotatable bonds is 8. The summed E-state index contributed by atoms with van der Waals surface area (Å²) in [4.78, 5) is 24.5. The fourth-order valence-corrected chi connectivity index (χ4v) is 4.52. The summed E-state index contributed by atoms with van der Waals surface area (Å²) in [5, 5.41) is 0. The number of ketones is 1. The molecule has 0 bridgehead atoms. The maximum atomic E-state index is 12.5. The summed E-state index contributed by atoms with van der Waals surface area (Å²) >= 11 is 0. The molecule has 2 aromatic carbocycles. The Bertz CT molecular complexity index is 1050. The molecule has 1 heterocycles. The smallest absolute Gasteiger partial charge is 0.306 e. The number of carbonyl (C=O) groups excluding carboxylic acids is 2. The van der Waals surface area contributed by atoms with E-state index in [4.69, 9.17) is 9.47 Å². The van der Waals surface area contributed by atoms with Crippen LogP contribution in [0.3, 0.4) is 0 Å². The Kier molecular flexibility index (Phi) is 6.77. The first-order chi connectivity index (χ1) is 14.3. The molecule has 30 heavy (non-hydrogen) atoms. The van der Waals surface area contributed by atoms with Crippen molar-refractivity contribution >= 4 is 27.5 Å². The fraction of sp³-hybridized carbons (Fsp3) is 0.364. The van der Waals surface area contributed by atoms with E-state index in [2.05, 4.69) is 0 Å². The maximum absolute atomic E-state index is 12.5. The molecule has 0 aliphatic carbocycles. The van der Waals surface area contributed by atoms with E-state index in [9.17, 15) is 18.0 Å². The average molecular weight is 432 g/mol. The van der Waals surface area contributed by atoms with Crippen molar-refractivity contribution in [2.75, 3.05) is 30.8 Å². The molecule has 0 saturated carbocycles. The van der Waals surface area contributed by atoms with Crippen LogP contribution in [0.1, 0.15) is 34.3 Å². The number of esters is 1. The largest absolute Gasteiger partial charge is 0.496 e. The van der Waals surface area contributed by atoms with Crippen molar-refractivity contribution in [3.63, 3.8) is 0 Å². The van der Waals surface area contributed by atoms with Gasteiger partial charge in [-0.3, -0.25) is 13.9 Å². The quantitative estimate of drug-likeness (QED) is 0.472. The number of benzene rings is 2. The first kappa shape index (κ1) is 21.8. The van der Waals surface area contributed by atoms with Crippen molar-refractivity contribution < 1.29 is 27.5 Å². The molecule has 0 unspecified atom stereocenters. The number of ether oxygens (including phenoxy) is 2. The van der Waals surface area contributed by atoms with Gasteiger partial charge in [-0.1, -0.05) is 18.2 Å². The second kappa shape index (κ2) is 9.30. The van der Waals surface area contributed by atoms with Gasteiger partial charge in [-0.05, 0) is 54.7 Å². The SMILES string of the molecule is COc1ccccc1CCC(=O)OCC(=O)c1ccc2c(c1)CCCN2S(C)(=O)=O. The molecule has 0 saturated heterocycles. The van der Waals surface area contributed by atoms with E-state index in [0.717, 1.165) is 11.1 Å². The van der Waals surface area contributed by atoms with Gasteiger partial charge in [0.05, 0.1) is 19.1 Å². The third kappa shape index (κ3) is 5.18. The van der Waals surface area contributed by atoms with E-state index < -0.39 is 16.0 Å². The summed E-state index contributed by atoms with van der Waals surface area (Å²) in [6.45, 7) is 0.0856. The third-order valence-electron chi connectivity index (χ3n) is 5.03. The van der Waals surface area contributed by atoms with E-state index in [1.807, 2.05) is 24.3 Å². The maximum Gasteiger partial charge on any atom is 0.306 e. The summed E-state index contributed by atoms with van der Waals surface area (Å²) in [6.07, 6.45) is 3.15. The van der Waals surface area contributed by atoms with Crippen molar-refractivity contribution in [1.82, 2.24) is 0 Å². The Morgan fingerprint density at radius 3 is 2.63 bits per heavy atom. The number of methoxy groups -OCH3 is 1. The van der Waals surface area contributed by atoms with E-state index in [1.54, 1.807) is 25.3 Å². The summed E-state index contributed by atoms with van der Waals surface area (Å²) in [5.74, 6) is -0.0750. The van der Waals surface area contributed by atoms with Gasteiger partial charge in [0.1, 0.15) is 5.75 Å². The van der Waals surface area contributed by atoms with E-state index >= 15 is 0 Å². The monoisotopic (exact) mass is 431 g/mol. The molecule has 2 aromatic rings. The second-order valence-corrected chi connectivity index (χ2v) is 9.08. The molecule has 8 heteroatoms. The van der Waals surface area contributed by atoms with E-state index in [0.29, 0.717) is 42.8 Å². The minimum Gasteiger partial charge on any atom is -0.496 e. The second-order valence-electron chi connectivity index (χ2n) is 7.18. The van der Waals surface area contributed by atoms with Gasteiger partial charge >= 0.3 is 5.97 Å². The first-order valence-electron chi connectivity index (χ1n) is 9.71. The van der Waals surface area contributed by atoms with Crippen LogP contribution in [-0.2, 0) is 32.4 Å². The molecule has 0 amide bonds. The lowest BCUT2D eigenvalue weighted by atomic mass is 9.99. The standard InChI is InChI=1S/C22H25NO6S/c1-28-21-8-4-3-6-16(21)10-12-22(25)29-15-20(24)18-9-11-19-17(14-18)7-5-13-23(19)30(2,26)27/h3-4,6,8-9,11,14H,5,7,10,12-13,15H2,1-2H3. The van der Waals surface area contributed by atoms with Gasteiger partial charge in [-0.15, -0.1) is 0 Å². The van der Waals surface area contributed by atoms with Crippen molar-refractivity contribution in [2.45, 2.75) is 25.7 Å². The van der Waals surface area contributed by atoms with Crippen LogP contribution < -0.4 is 9.04 Å². The van der Waals surface area contributed by atoms with Crippen LogP contribution in [0.25, 0.3) is 0 Å². The number of nitrogens with zero attached hydrogens (tertiary/aromatic N) is 1. The molecule has 160 valence electrons. The molecule has 0 radical (unpaired) electrons. The Morgan fingerprint density at radius 2 is 1.90 bits per heavy atom. The highest BCUT2D eigenvalue weighted by Crippen LogP contribution is 2.30. The van der Waals surface area contributed by atoms with Crippen LogP contribution in [-0.4, -0.2) is 46.7 Å². The molecular weight excluding hydrogens is 406 g/mol. The summed E-state index contributed by atoms with van der Waals surface area (Å²) in [6, 6.07) is 12.3. The highest BCUT2D eigenvalue weighted by atomic mass is 32.2. The van der Waals surface area contributed by atoms with Gasteiger partial charge in [-0.2, -0.15) is 0 Å². The van der Waals surface area contributed by atoms with E-state index in [1.165, 1.54) is 10.6 Å². The van der Waals surface area contributed by atoms with Gasteiger partial charge in [0.15, 0.2) is 12.4 Å². The average Bonchev–Trinajstić information content (AvgIpc) is 2.74. The lowest BCUT2D eigenvalue weighted by Crippen LogP contribution is -2.34. The number of Topliss-reactive ketones (excluding diaryl/α,β-unsaturated/α-hetero) is 1. The minimum absolute atomic E-state index is 0.140. The zero-order valence-electron chi connectivity index (χ0n) is 17.1. The lowest BCUT2D eigenvalue weighted by molar-refractivity contribution is -0.142. The van der Waals surface area contributed by atoms with Crippen molar-refractivity contribution in [1.29, 1.82) is 0 Å². The number of fused-ring (bicyclic) bond motifs is 1. The fourth-order valence-electron chi connectivity index (χ4n) is 3.53. The third-order valence-corrected chi connectivity index (χ3v) is 6.21. The minimum atomic E-state index is -3.36. The summed E-state index contributed by atoms with van der Waals surface area (Å²) < 4.78 is 35.6. The van der Waals surface area contributed by atoms with Crippen LogP contribution in [0.2, 0.25) is 0 Å². The Balaban J connectivity index is 1.58. The number of sulfonamides is 1. The zero-order chi connectivity index (χ0) is 21.7. The van der Waals surface area contributed by atoms with Gasteiger partial charge in [0, 0.05) is 18.5 Å². The Morgan fingerprint density at radius 1 is 1.13 bits per heavy atom. The molecule has 7 nitrogen and oxygen atoms in total.